The minimum absolute atomic E-state index is 0.0144. The number of benzene rings is 4. The molecule has 14 N–H and O–H groups in total. The van der Waals surface area contributed by atoms with Gasteiger partial charge in [0.2, 0.25) is 33.7 Å². The van der Waals surface area contributed by atoms with Crippen molar-refractivity contribution in [2.45, 2.75) is 56.1 Å². The average molecular weight is 1260 g/mol. The minimum Gasteiger partial charge on any atom is -0.497 e. The van der Waals surface area contributed by atoms with E-state index in [1.165, 1.54) is 26.0 Å². The highest BCUT2D eigenvalue weighted by Crippen LogP contribution is 2.30. The quantitative estimate of drug-likeness (QED) is 0.0165. The molecule has 0 fully saturated rings. The first-order valence-electron chi connectivity index (χ1n) is 22.6. The minimum atomic E-state index is -5.16. The molecule has 0 saturated heterocycles. The van der Waals surface area contributed by atoms with E-state index in [2.05, 4.69) is 69.8 Å². The number of hydrogen-bond donors (Lipinski definition) is 14. The number of nitrogens with zero attached hydrogens (tertiary/aromatic N) is 8. The van der Waals surface area contributed by atoms with Crippen molar-refractivity contribution in [2.75, 3.05) is 26.2 Å². The molecule has 40 heteroatoms. The van der Waals surface area contributed by atoms with Crippen LogP contribution in [0.3, 0.4) is 0 Å². The van der Waals surface area contributed by atoms with Gasteiger partial charge in [-0.3, -0.25) is 77.2 Å². The van der Waals surface area contributed by atoms with Gasteiger partial charge < -0.3 is 10.2 Å². The molecule has 6 aromatic rings. The summed E-state index contributed by atoms with van der Waals surface area (Å²) in [6, 6.07) is 10.3. The van der Waals surface area contributed by atoms with Crippen LogP contribution in [0.5, 0.6) is 0 Å². The Morgan fingerprint density at radius 2 is 0.707 bits per heavy atom. The van der Waals surface area contributed by atoms with Gasteiger partial charge in [0, 0.05) is 40.0 Å². The molecular weight excluding hydrogens is 1210 g/mol. The number of aliphatic hydroxyl groups excluding tert-OH is 2. The summed E-state index contributed by atoms with van der Waals surface area (Å²) in [6.07, 6.45) is 2.60. The van der Waals surface area contributed by atoms with E-state index in [4.69, 9.17) is 0 Å². The largest absolute Gasteiger partial charge is 0.497 e. The van der Waals surface area contributed by atoms with Crippen LogP contribution < -0.4 is 33.7 Å². The van der Waals surface area contributed by atoms with Gasteiger partial charge >= 0.3 is 0 Å². The summed E-state index contributed by atoms with van der Waals surface area (Å²) in [4.78, 5) is 43.7. The van der Waals surface area contributed by atoms with Crippen LogP contribution in [0.25, 0.3) is 12.2 Å². The predicted octanol–water partition coefficient (Wildman–Crippen LogP) is 0.770. The zero-order valence-corrected chi connectivity index (χ0v) is 46.7. The van der Waals surface area contributed by atoms with Crippen LogP contribution in [0.2, 0.25) is 0 Å². The molecule has 6 rings (SSSR count). The van der Waals surface area contributed by atoms with E-state index in [9.17, 15) is 88.0 Å². The molecule has 0 unspecified atom stereocenters. The Bertz CT molecular complexity index is 4460. The molecule has 0 spiro atoms. The predicted molar refractivity (Wildman–Crippen MR) is 285 cm³/mol. The normalized spacial score (nSPS) is 14.9. The molecule has 0 saturated carbocycles. The molecule has 2 heterocycles. The van der Waals surface area contributed by atoms with Crippen LogP contribution in [0.1, 0.15) is 37.8 Å². The number of aromatic nitrogens is 6. The first-order chi connectivity index (χ1) is 38.0. The second-order valence-corrected chi connectivity index (χ2v) is 24.9. The standard InChI is InChI=1S/C42H46N14O20S6/c1-23(57)43-15-3-17-45-37-51-39(55-41(53-37)49-31-21-29(77(59,60)61)11-13-33(31)79(65,66)67)47-27-9-7-25(35(19-27)81(71,72)73)5-6-26-8-10-28(20-36(26)82(74,75)76)48-40-52-38(46-18-4-16-44-24(2)58)54-42(56-40)50-32-22-30(78(62,63)64)12-14-34(32)80(68,69)70/h5-14,19-22H,3-4,15-18H2,1-2H3,(H,43,57)(H,44,58)(H,59,60,61)(H,62,63,64)(H,65,66,67)(H,68,69,70)(H,71,72,73)(H,74,75,76)(H3,45,47,49,51,53,55)(H3,46,48,50,52,54,56). The summed E-state index contributed by atoms with van der Waals surface area (Å²) >= 11 is 0. The summed E-state index contributed by atoms with van der Waals surface area (Å²) in [7, 11) is -30.4. The monoisotopic (exact) mass is 1260 g/mol. The Balaban J connectivity index is 1.47. The summed E-state index contributed by atoms with van der Waals surface area (Å²) in [5.74, 6) is -0.397. The number of aliphatic imine (C=N–C) groups is 2. The first-order valence-corrected chi connectivity index (χ1v) is 31.2. The van der Waals surface area contributed by atoms with E-state index in [1.807, 2.05) is 0 Å². The smallest absolute Gasteiger partial charge is 0.296 e. The second-order valence-electron chi connectivity index (χ2n) is 16.5. The molecule has 2 aromatic heterocycles. The Morgan fingerprint density at radius 3 is 1.01 bits per heavy atom. The van der Waals surface area contributed by atoms with Crippen LogP contribution in [-0.2, 0) is 60.7 Å². The fourth-order valence-corrected chi connectivity index (χ4v) is 10.4. The summed E-state index contributed by atoms with van der Waals surface area (Å²) in [5, 5.41) is 18.8. The SMILES string of the molecule is CC(O)=NCCCN=c1[nH]c(=Nc2ccc(C=Cc3ccc(N=c4[nH]c(=NCCCN=C(C)O)[nH]c(=Nc5cc(S(=O)(=O)O)ccc5S(=O)(=O)O)[nH]4)cc3S(=O)(=O)O)c(S(=O)(=O)O)c2)[nH]c(=Nc2cc(S(=O)(=O)O)ccc2S(=O)(=O)O)[nH]1. The Hall–Kier alpha value is -8.16. The lowest BCUT2D eigenvalue weighted by Gasteiger charge is -2.07. The third-order valence-electron chi connectivity index (χ3n) is 10.2. The summed E-state index contributed by atoms with van der Waals surface area (Å²) in [5.41, 5.74) is -4.34. The van der Waals surface area contributed by atoms with Gasteiger partial charge in [0.15, 0.2) is 11.8 Å². The molecule has 440 valence electrons. The van der Waals surface area contributed by atoms with Crippen molar-refractivity contribution >= 4 is 107 Å². The topological polar surface area (TPSA) is 560 Å². The maximum atomic E-state index is 12.8. The van der Waals surface area contributed by atoms with E-state index in [-0.39, 0.29) is 95.8 Å². The fraction of sp³-hybridized carbons (Fsp3) is 0.190. The van der Waals surface area contributed by atoms with Gasteiger partial charge in [-0.25, -0.2) is 20.0 Å². The van der Waals surface area contributed by atoms with Gasteiger partial charge in [-0.2, -0.15) is 50.5 Å². The average Bonchev–Trinajstić information content (AvgIpc) is 3.57. The van der Waals surface area contributed by atoms with Crippen molar-refractivity contribution in [3.63, 3.8) is 0 Å². The number of aliphatic hydroxyl groups is 2. The van der Waals surface area contributed by atoms with Crippen molar-refractivity contribution in [3.05, 3.63) is 118 Å². The fourth-order valence-electron chi connectivity index (χ4n) is 6.76. The van der Waals surface area contributed by atoms with Crippen LogP contribution in [0, 0.1) is 0 Å². The third kappa shape index (κ3) is 18.2. The van der Waals surface area contributed by atoms with Crippen LogP contribution in [0.15, 0.2) is 142 Å². The molecule has 0 bridgehead atoms. The van der Waals surface area contributed by atoms with Gasteiger partial charge in [-0.1, -0.05) is 24.3 Å². The maximum absolute atomic E-state index is 12.8. The highest BCUT2D eigenvalue weighted by atomic mass is 32.2. The second kappa shape index (κ2) is 25.3. The third-order valence-corrected chi connectivity index (χ3v) is 15.5. The molecule has 0 atom stereocenters. The van der Waals surface area contributed by atoms with E-state index in [0.29, 0.717) is 36.4 Å². The van der Waals surface area contributed by atoms with Gasteiger partial charge in [0.25, 0.3) is 60.7 Å². The summed E-state index contributed by atoms with van der Waals surface area (Å²) < 4.78 is 208. The van der Waals surface area contributed by atoms with Crippen LogP contribution >= 0.6 is 0 Å². The number of hydrogen-bond acceptors (Lipinski definition) is 20. The zero-order valence-electron chi connectivity index (χ0n) is 41.8. The molecule has 0 aliphatic carbocycles. The van der Waals surface area contributed by atoms with Gasteiger partial charge in [0.1, 0.15) is 19.6 Å². The van der Waals surface area contributed by atoms with Crippen molar-refractivity contribution in [1.29, 1.82) is 0 Å². The lowest BCUT2D eigenvalue weighted by atomic mass is 10.1. The summed E-state index contributed by atoms with van der Waals surface area (Å²) in [6.45, 7) is 2.97. The molecule has 0 aliphatic rings. The Labute approximate surface area is 462 Å². The molecule has 34 nitrogen and oxygen atoms in total. The van der Waals surface area contributed by atoms with Crippen LogP contribution in [-0.4, -0.2) is 156 Å². The molecule has 0 aliphatic heterocycles. The van der Waals surface area contributed by atoms with Crippen molar-refractivity contribution in [1.82, 2.24) is 29.9 Å². The van der Waals surface area contributed by atoms with E-state index >= 15 is 0 Å². The molecule has 4 aromatic carbocycles. The molecular formula is C42H46N14O20S6. The Kier molecular flexibility index (Phi) is 19.5. The number of aromatic amines is 6. The van der Waals surface area contributed by atoms with E-state index in [1.54, 1.807) is 0 Å². The van der Waals surface area contributed by atoms with Crippen molar-refractivity contribution < 1.29 is 88.0 Å². The first kappa shape index (κ1) is 63.0. The molecule has 82 heavy (non-hydrogen) atoms. The lowest BCUT2D eigenvalue weighted by molar-refractivity contribution is 0.478. The molecule has 0 radical (unpaired) electrons. The highest BCUT2D eigenvalue weighted by molar-refractivity contribution is 7.87. The van der Waals surface area contributed by atoms with Gasteiger partial charge in [-0.15, -0.1) is 0 Å². The van der Waals surface area contributed by atoms with E-state index in [0.717, 1.165) is 36.4 Å². The highest BCUT2D eigenvalue weighted by Gasteiger charge is 2.22. The van der Waals surface area contributed by atoms with Gasteiger partial charge in [-0.05, 0) is 84.6 Å². The number of H-pyrrole nitrogens is 6. The maximum Gasteiger partial charge on any atom is 0.296 e. The van der Waals surface area contributed by atoms with Crippen LogP contribution in [0.4, 0.5) is 22.7 Å². The lowest BCUT2D eigenvalue weighted by Crippen LogP contribution is -2.37. The van der Waals surface area contributed by atoms with Crippen molar-refractivity contribution in [3.8, 4) is 0 Å². The Morgan fingerprint density at radius 1 is 0.390 bits per heavy atom. The van der Waals surface area contributed by atoms with Crippen molar-refractivity contribution in [2.24, 2.45) is 39.9 Å². The number of rotatable bonds is 20. The van der Waals surface area contributed by atoms with E-state index < -0.39 is 113 Å². The zero-order chi connectivity index (χ0) is 60.6. The molecule has 0 amide bonds. The van der Waals surface area contributed by atoms with Gasteiger partial charge in [0.05, 0.1) is 32.5 Å². The number of nitrogens with one attached hydrogen (secondary N) is 6.